The van der Waals surface area contributed by atoms with Crippen molar-refractivity contribution in [2.24, 2.45) is 0 Å². The van der Waals surface area contributed by atoms with Gasteiger partial charge in [0, 0.05) is 17.5 Å². The zero-order chi connectivity index (χ0) is 18.1. The smallest absolute Gasteiger partial charge is 0.243 e. The van der Waals surface area contributed by atoms with Crippen LogP contribution in [0.25, 0.3) is 0 Å². The van der Waals surface area contributed by atoms with E-state index in [9.17, 15) is 9.59 Å². The Hall–Kier alpha value is -1.85. The normalized spacial score (nSPS) is 19.1. The molecule has 2 heterocycles. The largest absolute Gasteiger partial charge is 0.330 e. The standard InChI is InChI=1S/C20H21ClN2O2S/c21-12-18(24)23(15-6-7-15)13-19(25)22-10-8-17-16(9-11-26-17)20(22)14-4-2-1-3-5-14/h1-5,9,11,15,20H,6-8,10,12-13H2. The third kappa shape index (κ3) is 3.38. The maximum Gasteiger partial charge on any atom is 0.243 e. The van der Waals surface area contributed by atoms with E-state index in [2.05, 4.69) is 23.6 Å². The first kappa shape index (κ1) is 17.6. The predicted octanol–water partition coefficient (Wildman–Crippen LogP) is 3.45. The first-order valence-electron chi connectivity index (χ1n) is 8.95. The number of fused-ring (bicyclic) bond motifs is 1. The molecule has 26 heavy (non-hydrogen) atoms. The number of nitrogens with zero attached hydrogens (tertiary/aromatic N) is 2. The molecule has 1 atom stereocenters. The van der Waals surface area contributed by atoms with E-state index in [4.69, 9.17) is 11.6 Å². The van der Waals surface area contributed by atoms with Crippen molar-refractivity contribution in [3.8, 4) is 0 Å². The maximum absolute atomic E-state index is 13.2. The van der Waals surface area contributed by atoms with Crippen molar-refractivity contribution in [1.29, 1.82) is 0 Å². The second kappa shape index (κ2) is 7.41. The van der Waals surface area contributed by atoms with Gasteiger partial charge in [-0.1, -0.05) is 30.3 Å². The summed E-state index contributed by atoms with van der Waals surface area (Å²) < 4.78 is 0. The number of thiophene rings is 1. The molecular weight excluding hydrogens is 368 g/mol. The third-order valence-corrected chi connectivity index (χ3v) is 6.35. The van der Waals surface area contributed by atoms with Crippen molar-refractivity contribution in [3.05, 3.63) is 57.8 Å². The molecule has 1 aromatic heterocycles. The van der Waals surface area contributed by atoms with Crippen LogP contribution in [0.15, 0.2) is 41.8 Å². The van der Waals surface area contributed by atoms with Gasteiger partial charge in [0.2, 0.25) is 11.8 Å². The van der Waals surface area contributed by atoms with E-state index in [1.165, 1.54) is 10.4 Å². The molecule has 2 aromatic rings. The molecule has 0 spiro atoms. The summed E-state index contributed by atoms with van der Waals surface area (Å²) >= 11 is 7.50. The summed E-state index contributed by atoms with van der Waals surface area (Å²) in [4.78, 5) is 30.3. The number of hydrogen-bond donors (Lipinski definition) is 0. The van der Waals surface area contributed by atoms with E-state index < -0.39 is 0 Å². The van der Waals surface area contributed by atoms with Gasteiger partial charge in [0.15, 0.2) is 0 Å². The van der Waals surface area contributed by atoms with E-state index in [-0.39, 0.29) is 36.3 Å². The van der Waals surface area contributed by atoms with Gasteiger partial charge in [0.1, 0.15) is 12.4 Å². The molecule has 2 amide bonds. The lowest BCUT2D eigenvalue weighted by Crippen LogP contribution is -2.47. The lowest BCUT2D eigenvalue weighted by atomic mass is 9.93. The fourth-order valence-electron chi connectivity index (χ4n) is 3.70. The Kier molecular flexibility index (Phi) is 5.00. The molecule has 6 heteroatoms. The molecule has 0 radical (unpaired) electrons. The first-order chi connectivity index (χ1) is 12.7. The summed E-state index contributed by atoms with van der Waals surface area (Å²) in [5.74, 6) is -0.214. The topological polar surface area (TPSA) is 40.6 Å². The molecule has 1 aliphatic carbocycles. The number of rotatable bonds is 5. The second-order valence-corrected chi connectivity index (χ2v) is 8.10. The predicted molar refractivity (Wildman–Crippen MR) is 103 cm³/mol. The number of carbonyl (C=O) groups excluding carboxylic acids is 2. The van der Waals surface area contributed by atoms with Gasteiger partial charge >= 0.3 is 0 Å². The highest BCUT2D eigenvalue weighted by molar-refractivity contribution is 7.10. The van der Waals surface area contributed by atoms with Gasteiger partial charge in [-0.25, -0.2) is 0 Å². The monoisotopic (exact) mass is 388 g/mol. The van der Waals surface area contributed by atoms with Gasteiger partial charge in [-0.2, -0.15) is 0 Å². The zero-order valence-electron chi connectivity index (χ0n) is 14.4. The highest BCUT2D eigenvalue weighted by Gasteiger charge is 2.37. The summed E-state index contributed by atoms with van der Waals surface area (Å²) in [5.41, 5.74) is 2.32. The summed E-state index contributed by atoms with van der Waals surface area (Å²) in [7, 11) is 0. The molecular formula is C20H21ClN2O2S. The summed E-state index contributed by atoms with van der Waals surface area (Å²) in [6, 6.07) is 12.4. The van der Waals surface area contributed by atoms with Crippen molar-refractivity contribution in [2.75, 3.05) is 19.0 Å². The molecule has 1 aliphatic heterocycles. The van der Waals surface area contributed by atoms with Crippen LogP contribution in [-0.4, -0.2) is 46.6 Å². The fourth-order valence-corrected chi connectivity index (χ4v) is 4.76. The molecule has 136 valence electrons. The minimum atomic E-state index is -0.146. The van der Waals surface area contributed by atoms with Gasteiger partial charge < -0.3 is 9.80 Å². The zero-order valence-corrected chi connectivity index (χ0v) is 16.0. The SMILES string of the molecule is O=C(CCl)N(CC(=O)N1CCc2sccc2C1c1ccccc1)C1CC1. The lowest BCUT2D eigenvalue weighted by molar-refractivity contribution is -0.141. The van der Waals surface area contributed by atoms with Crippen LogP contribution in [-0.2, 0) is 16.0 Å². The summed E-state index contributed by atoms with van der Waals surface area (Å²) in [6.45, 7) is 0.804. The number of amides is 2. The molecule has 0 bridgehead atoms. The molecule has 1 aromatic carbocycles. The third-order valence-electron chi connectivity index (χ3n) is 5.13. The van der Waals surface area contributed by atoms with Gasteiger partial charge in [0.05, 0.1) is 6.04 Å². The van der Waals surface area contributed by atoms with Crippen molar-refractivity contribution in [2.45, 2.75) is 31.3 Å². The van der Waals surface area contributed by atoms with Crippen molar-refractivity contribution < 1.29 is 9.59 Å². The Morgan fingerprint density at radius 3 is 2.65 bits per heavy atom. The summed E-state index contributed by atoms with van der Waals surface area (Å²) in [6.07, 6.45) is 2.80. The van der Waals surface area contributed by atoms with Crippen molar-refractivity contribution >= 4 is 34.8 Å². The van der Waals surface area contributed by atoms with Gasteiger partial charge in [0.25, 0.3) is 0 Å². The van der Waals surface area contributed by atoms with Crippen LogP contribution in [0.3, 0.4) is 0 Å². The average molecular weight is 389 g/mol. The van der Waals surface area contributed by atoms with E-state index >= 15 is 0 Å². The van der Waals surface area contributed by atoms with Gasteiger partial charge in [-0.15, -0.1) is 22.9 Å². The Morgan fingerprint density at radius 2 is 1.96 bits per heavy atom. The van der Waals surface area contributed by atoms with Crippen LogP contribution in [0.2, 0.25) is 0 Å². The van der Waals surface area contributed by atoms with E-state index in [0.717, 1.165) is 24.8 Å². The number of carbonyl (C=O) groups is 2. The highest BCUT2D eigenvalue weighted by Crippen LogP contribution is 2.38. The number of alkyl halides is 1. The van der Waals surface area contributed by atoms with Crippen LogP contribution in [0.1, 0.15) is 34.9 Å². The Labute approximate surface area is 162 Å². The fraction of sp³-hybridized carbons (Fsp3) is 0.400. The average Bonchev–Trinajstić information content (AvgIpc) is 3.41. The molecule has 1 unspecified atom stereocenters. The molecule has 1 saturated carbocycles. The molecule has 4 rings (SSSR count). The first-order valence-corrected chi connectivity index (χ1v) is 10.4. The van der Waals surface area contributed by atoms with Crippen LogP contribution in [0.4, 0.5) is 0 Å². The molecule has 0 N–H and O–H groups in total. The lowest BCUT2D eigenvalue weighted by Gasteiger charge is -2.37. The molecule has 2 aliphatic rings. The van der Waals surface area contributed by atoms with Crippen LogP contribution >= 0.6 is 22.9 Å². The van der Waals surface area contributed by atoms with Crippen LogP contribution < -0.4 is 0 Å². The number of hydrogen-bond acceptors (Lipinski definition) is 3. The Morgan fingerprint density at radius 1 is 1.19 bits per heavy atom. The van der Waals surface area contributed by atoms with Crippen LogP contribution in [0, 0.1) is 0 Å². The minimum Gasteiger partial charge on any atom is -0.330 e. The summed E-state index contributed by atoms with van der Waals surface area (Å²) in [5, 5.41) is 2.10. The van der Waals surface area contributed by atoms with E-state index in [0.29, 0.717) is 6.54 Å². The van der Waals surface area contributed by atoms with Gasteiger partial charge in [-0.3, -0.25) is 9.59 Å². The molecule has 1 fully saturated rings. The molecule has 4 nitrogen and oxygen atoms in total. The quantitative estimate of drug-likeness (QED) is 0.736. The van der Waals surface area contributed by atoms with Crippen molar-refractivity contribution in [1.82, 2.24) is 9.80 Å². The number of halogens is 1. The Bertz CT molecular complexity index is 803. The van der Waals surface area contributed by atoms with Crippen LogP contribution in [0.5, 0.6) is 0 Å². The maximum atomic E-state index is 13.2. The van der Waals surface area contributed by atoms with Crippen molar-refractivity contribution in [3.63, 3.8) is 0 Å². The Balaban J connectivity index is 1.61. The van der Waals surface area contributed by atoms with E-state index in [1.807, 2.05) is 23.1 Å². The minimum absolute atomic E-state index is 0.000990. The highest BCUT2D eigenvalue weighted by atomic mass is 35.5. The second-order valence-electron chi connectivity index (χ2n) is 6.84. The van der Waals surface area contributed by atoms with Gasteiger partial charge in [-0.05, 0) is 41.8 Å². The number of benzene rings is 1. The van der Waals surface area contributed by atoms with E-state index in [1.54, 1.807) is 16.2 Å². The molecule has 0 saturated heterocycles.